The molecule has 4 saturated heterocycles. The second-order valence-corrected chi connectivity index (χ2v) is 8.80. The molecule has 5 heterocycles. The number of rotatable bonds is 2. The first-order chi connectivity index (χ1) is 12.7. The molecular weight excluding hydrogens is 324 g/mol. The van der Waals surface area contributed by atoms with E-state index in [0.717, 1.165) is 49.9 Å². The van der Waals surface area contributed by atoms with Crippen LogP contribution in [0.5, 0.6) is 0 Å². The maximum atomic E-state index is 4.65. The topological polar surface area (TPSA) is 38.7 Å². The molecule has 0 radical (unpaired) electrons. The first-order valence-electron chi connectivity index (χ1n) is 10.4. The SMILES string of the molecule is CN1C2CCC1CN(c1cc(N3CCC4CCC(C3)N4C)ncn1)CC2. The van der Waals surface area contributed by atoms with Crippen molar-refractivity contribution in [2.24, 2.45) is 0 Å². The number of anilines is 2. The summed E-state index contributed by atoms with van der Waals surface area (Å²) in [5.41, 5.74) is 0. The van der Waals surface area contributed by atoms with Gasteiger partial charge in [-0.2, -0.15) is 0 Å². The third-order valence-electron chi connectivity index (χ3n) is 7.58. The highest BCUT2D eigenvalue weighted by molar-refractivity contribution is 5.51. The van der Waals surface area contributed by atoms with Crippen LogP contribution in [0.25, 0.3) is 0 Å². The smallest absolute Gasteiger partial charge is 0.134 e. The summed E-state index contributed by atoms with van der Waals surface area (Å²) in [6, 6.07) is 5.15. The van der Waals surface area contributed by atoms with E-state index < -0.39 is 0 Å². The maximum Gasteiger partial charge on any atom is 0.134 e. The van der Waals surface area contributed by atoms with Gasteiger partial charge in [-0.25, -0.2) is 9.97 Å². The van der Waals surface area contributed by atoms with Crippen molar-refractivity contribution in [2.45, 2.75) is 62.7 Å². The van der Waals surface area contributed by atoms with Gasteiger partial charge in [-0.3, -0.25) is 9.80 Å². The van der Waals surface area contributed by atoms with E-state index in [1.165, 1.54) is 38.5 Å². The highest BCUT2D eigenvalue weighted by Crippen LogP contribution is 2.32. The molecule has 26 heavy (non-hydrogen) atoms. The van der Waals surface area contributed by atoms with Crippen LogP contribution >= 0.6 is 0 Å². The van der Waals surface area contributed by atoms with Gasteiger partial charge in [0.2, 0.25) is 0 Å². The molecule has 4 unspecified atom stereocenters. The minimum atomic E-state index is 0.684. The van der Waals surface area contributed by atoms with Crippen molar-refractivity contribution >= 4 is 11.6 Å². The molecule has 6 heteroatoms. The van der Waals surface area contributed by atoms with Gasteiger partial charge in [-0.1, -0.05) is 0 Å². The first-order valence-corrected chi connectivity index (χ1v) is 10.4. The zero-order valence-corrected chi connectivity index (χ0v) is 16.2. The normalized spacial score (nSPS) is 35.6. The molecule has 1 aromatic heterocycles. The Balaban J connectivity index is 1.34. The molecule has 0 amide bonds. The lowest BCUT2D eigenvalue weighted by atomic mass is 10.1. The maximum absolute atomic E-state index is 4.65. The van der Waals surface area contributed by atoms with E-state index in [1.807, 2.05) is 0 Å². The van der Waals surface area contributed by atoms with Gasteiger partial charge in [0.05, 0.1) is 0 Å². The van der Waals surface area contributed by atoms with E-state index in [1.54, 1.807) is 6.33 Å². The first kappa shape index (κ1) is 16.8. The second-order valence-electron chi connectivity index (χ2n) is 8.80. The lowest BCUT2D eigenvalue weighted by molar-refractivity contribution is 0.254. The minimum Gasteiger partial charge on any atom is -0.355 e. The van der Waals surface area contributed by atoms with Crippen LogP contribution in [0.1, 0.15) is 38.5 Å². The molecule has 4 aliphatic heterocycles. The summed E-state index contributed by atoms with van der Waals surface area (Å²) >= 11 is 0. The standard InChI is InChI=1S/C20H32N6/c1-23-15-3-5-17(23)12-25(9-7-15)19-11-20(22-14-21-19)26-10-8-16-4-6-18(13-26)24(16)2/h11,14-18H,3-10,12-13H2,1-2H3. The van der Waals surface area contributed by atoms with Crippen molar-refractivity contribution in [1.29, 1.82) is 0 Å². The largest absolute Gasteiger partial charge is 0.355 e. The average molecular weight is 357 g/mol. The predicted molar refractivity (Wildman–Crippen MR) is 105 cm³/mol. The average Bonchev–Trinajstić information content (AvgIpc) is 3.02. The zero-order chi connectivity index (χ0) is 17.7. The molecule has 4 bridgehead atoms. The van der Waals surface area contributed by atoms with Crippen molar-refractivity contribution in [1.82, 2.24) is 19.8 Å². The number of fused-ring (bicyclic) bond motifs is 4. The molecule has 1 aromatic rings. The van der Waals surface area contributed by atoms with Crippen LogP contribution in [0.15, 0.2) is 12.4 Å². The molecule has 142 valence electrons. The van der Waals surface area contributed by atoms with Crippen molar-refractivity contribution in [3.63, 3.8) is 0 Å². The van der Waals surface area contributed by atoms with Crippen LogP contribution in [-0.4, -0.2) is 84.2 Å². The van der Waals surface area contributed by atoms with Gasteiger partial charge in [0.25, 0.3) is 0 Å². The van der Waals surface area contributed by atoms with Gasteiger partial charge in [-0.15, -0.1) is 0 Å². The summed E-state index contributed by atoms with van der Waals surface area (Å²) in [5.74, 6) is 2.25. The molecule has 0 N–H and O–H groups in total. The predicted octanol–water partition coefficient (Wildman–Crippen LogP) is 1.82. The van der Waals surface area contributed by atoms with Gasteiger partial charge in [-0.05, 0) is 52.6 Å². The van der Waals surface area contributed by atoms with Gasteiger partial charge < -0.3 is 9.80 Å². The third kappa shape index (κ3) is 2.87. The van der Waals surface area contributed by atoms with Crippen LogP contribution in [0.2, 0.25) is 0 Å². The number of aromatic nitrogens is 2. The van der Waals surface area contributed by atoms with Crippen molar-refractivity contribution < 1.29 is 0 Å². The Kier molecular flexibility index (Phi) is 4.28. The van der Waals surface area contributed by atoms with E-state index in [0.29, 0.717) is 12.1 Å². The lowest BCUT2D eigenvalue weighted by Gasteiger charge is -2.29. The second kappa shape index (κ2) is 6.64. The lowest BCUT2D eigenvalue weighted by Crippen LogP contribution is -2.38. The van der Waals surface area contributed by atoms with E-state index in [9.17, 15) is 0 Å². The fourth-order valence-electron chi connectivity index (χ4n) is 5.72. The minimum absolute atomic E-state index is 0.684. The summed E-state index contributed by atoms with van der Waals surface area (Å²) in [6.07, 6.45) is 9.69. The third-order valence-corrected chi connectivity index (χ3v) is 7.58. The Morgan fingerprint density at radius 3 is 1.65 bits per heavy atom. The van der Waals surface area contributed by atoms with Gasteiger partial charge in [0, 0.05) is 56.4 Å². The molecular formula is C20H32N6. The van der Waals surface area contributed by atoms with Crippen LogP contribution in [0, 0.1) is 0 Å². The Labute approximate surface area is 157 Å². The van der Waals surface area contributed by atoms with Gasteiger partial charge in [0.15, 0.2) is 0 Å². The molecule has 5 rings (SSSR count). The van der Waals surface area contributed by atoms with Crippen LogP contribution in [0.3, 0.4) is 0 Å². The van der Waals surface area contributed by atoms with E-state index in [-0.39, 0.29) is 0 Å². The molecule has 0 aromatic carbocycles. The monoisotopic (exact) mass is 356 g/mol. The van der Waals surface area contributed by atoms with E-state index in [4.69, 9.17) is 0 Å². The van der Waals surface area contributed by atoms with Crippen molar-refractivity contribution in [2.75, 3.05) is 50.1 Å². The Hall–Kier alpha value is -1.40. The molecule has 4 fully saturated rings. The van der Waals surface area contributed by atoms with Crippen LogP contribution in [0.4, 0.5) is 11.6 Å². The number of nitrogens with zero attached hydrogens (tertiary/aromatic N) is 6. The summed E-state index contributed by atoms with van der Waals surface area (Å²) < 4.78 is 0. The molecule has 0 aliphatic carbocycles. The highest BCUT2D eigenvalue weighted by Gasteiger charge is 2.36. The molecule has 0 saturated carbocycles. The summed E-state index contributed by atoms with van der Waals surface area (Å²) in [4.78, 5) is 19.5. The van der Waals surface area contributed by atoms with Gasteiger partial charge in [0.1, 0.15) is 18.0 Å². The van der Waals surface area contributed by atoms with E-state index in [2.05, 4.69) is 49.7 Å². The highest BCUT2D eigenvalue weighted by atomic mass is 15.3. The van der Waals surface area contributed by atoms with Gasteiger partial charge >= 0.3 is 0 Å². The Morgan fingerprint density at radius 2 is 1.15 bits per heavy atom. The van der Waals surface area contributed by atoms with Crippen LogP contribution in [-0.2, 0) is 0 Å². The fraction of sp³-hybridized carbons (Fsp3) is 0.800. The summed E-state index contributed by atoms with van der Waals surface area (Å²) in [5, 5.41) is 0. The Bertz CT molecular complexity index is 600. The van der Waals surface area contributed by atoms with E-state index >= 15 is 0 Å². The zero-order valence-electron chi connectivity index (χ0n) is 16.2. The quantitative estimate of drug-likeness (QED) is 0.805. The van der Waals surface area contributed by atoms with Crippen molar-refractivity contribution in [3.05, 3.63) is 12.4 Å². The Morgan fingerprint density at radius 1 is 0.692 bits per heavy atom. The number of hydrogen-bond acceptors (Lipinski definition) is 6. The number of likely N-dealkylation sites (N-methyl/N-ethyl adjacent to an activating group) is 2. The molecule has 4 aliphatic rings. The molecule has 0 spiro atoms. The molecule has 6 nitrogen and oxygen atoms in total. The summed E-state index contributed by atoms with van der Waals surface area (Å²) in [7, 11) is 4.61. The fourth-order valence-corrected chi connectivity index (χ4v) is 5.72. The number of hydrogen-bond donors (Lipinski definition) is 0. The summed E-state index contributed by atoms with van der Waals surface area (Å²) in [6.45, 7) is 4.46. The van der Waals surface area contributed by atoms with Crippen LogP contribution < -0.4 is 9.80 Å². The van der Waals surface area contributed by atoms with Crippen molar-refractivity contribution in [3.8, 4) is 0 Å². The molecule has 4 atom stereocenters.